The number of carbonyl (C=O) groups is 1. The van der Waals surface area contributed by atoms with E-state index in [1.54, 1.807) is 14.0 Å². The first-order chi connectivity index (χ1) is 9.22. The summed E-state index contributed by atoms with van der Waals surface area (Å²) in [6, 6.07) is 3.12. The maximum absolute atomic E-state index is 11.8. The molecule has 0 aliphatic heterocycles. The number of aryl methyl sites for hydroxylation is 1. The number of ether oxygens (including phenoxy) is 2. The normalized spacial score (nSPS) is 12.9. The molecule has 0 saturated carbocycles. The molecular weight excluding hydrogens is 254 g/mol. The molecule has 0 radical (unpaired) electrons. The Morgan fingerprint density at radius 2 is 1.95 bits per heavy atom. The molecule has 0 aromatic heterocycles. The third-order valence-electron chi connectivity index (χ3n) is 3.27. The second-order valence-electron chi connectivity index (χ2n) is 5.89. The topological polar surface area (TPSA) is 61.5 Å². The van der Waals surface area contributed by atoms with Crippen molar-refractivity contribution in [2.75, 3.05) is 13.7 Å². The van der Waals surface area contributed by atoms with Crippen molar-refractivity contribution in [3.63, 3.8) is 0 Å². The van der Waals surface area contributed by atoms with Gasteiger partial charge in [0.15, 0.2) is 0 Å². The summed E-state index contributed by atoms with van der Waals surface area (Å²) < 4.78 is 10.4. The van der Waals surface area contributed by atoms with Gasteiger partial charge < -0.3 is 15.2 Å². The van der Waals surface area contributed by atoms with E-state index in [9.17, 15) is 4.79 Å². The van der Waals surface area contributed by atoms with Crippen LogP contribution >= 0.6 is 0 Å². The minimum Gasteiger partial charge on any atom is -0.496 e. The highest BCUT2D eigenvalue weighted by Gasteiger charge is 2.25. The zero-order valence-electron chi connectivity index (χ0n) is 13.2. The first kappa shape index (κ1) is 16.5. The summed E-state index contributed by atoms with van der Waals surface area (Å²) in [4.78, 5) is 11.8. The van der Waals surface area contributed by atoms with E-state index in [1.165, 1.54) is 0 Å². The lowest BCUT2D eigenvalue weighted by atomic mass is 9.83. The summed E-state index contributed by atoms with van der Waals surface area (Å²) in [6.45, 7) is 10.3. The number of hydrogen-bond acceptors (Lipinski definition) is 4. The maximum Gasteiger partial charge on any atom is 0.327 e. The van der Waals surface area contributed by atoms with Gasteiger partial charge >= 0.3 is 5.97 Å². The number of benzene rings is 1. The predicted molar refractivity (Wildman–Crippen MR) is 80.0 cm³/mol. The number of nitrogens with two attached hydrogens (primary N) is 1. The van der Waals surface area contributed by atoms with Gasteiger partial charge in [-0.3, -0.25) is 0 Å². The van der Waals surface area contributed by atoms with Gasteiger partial charge in [-0.25, -0.2) is 4.79 Å². The summed E-state index contributed by atoms with van der Waals surface area (Å²) in [5.74, 6) is 0.412. The van der Waals surface area contributed by atoms with Gasteiger partial charge in [-0.05, 0) is 48.1 Å². The van der Waals surface area contributed by atoms with Crippen molar-refractivity contribution in [1.29, 1.82) is 0 Å². The minimum absolute atomic E-state index is 0.0951. The molecule has 4 heteroatoms. The number of carbonyl (C=O) groups excluding carboxylic acids is 1. The molecule has 0 aliphatic carbocycles. The largest absolute Gasteiger partial charge is 0.496 e. The fourth-order valence-electron chi connectivity index (χ4n) is 2.15. The van der Waals surface area contributed by atoms with Crippen LogP contribution in [0.2, 0.25) is 0 Å². The first-order valence-electron chi connectivity index (χ1n) is 6.83. The smallest absolute Gasteiger partial charge is 0.327 e. The standard InChI is InChI=1S/C16H25NO3/c1-7-20-15(18)14(17)11-9-12(16(3,4)5)13(19-6)8-10(11)2/h8-9,14H,7,17H2,1-6H3. The fraction of sp³-hybridized carbons (Fsp3) is 0.562. The van der Waals surface area contributed by atoms with E-state index in [4.69, 9.17) is 15.2 Å². The van der Waals surface area contributed by atoms with Crippen LogP contribution in [0.15, 0.2) is 12.1 Å². The lowest BCUT2D eigenvalue weighted by molar-refractivity contribution is -0.144. The highest BCUT2D eigenvalue weighted by molar-refractivity contribution is 5.78. The first-order valence-corrected chi connectivity index (χ1v) is 6.83. The molecular formula is C16H25NO3. The molecule has 112 valence electrons. The highest BCUT2D eigenvalue weighted by Crippen LogP contribution is 2.35. The Morgan fingerprint density at radius 3 is 2.40 bits per heavy atom. The maximum atomic E-state index is 11.8. The van der Waals surface area contributed by atoms with Gasteiger partial charge in [0.05, 0.1) is 13.7 Å². The molecule has 1 atom stereocenters. The van der Waals surface area contributed by atoms with Gasteiger partial charge in [-0.15, -0.1) is 0 Å². The van der Waals surface area contributed by atoms with Crippen molar-refractivity contribution in [3.8, 4) is 5.75 Å². The molecule has 1 aromatic rings. The number of esters is 1. The van der Waals surface area contributed by atoms with Crippen molar-refractivity contribution < 1.29 is 14.3 Å². The molecule has 1 aromatic carbocycles. The van der Waals surface area contributed by atoms with Crippen LogP contribution in [-0.2, 0) is 14.9 Å². The summed E-state index contributed by atoms with van der Waals surface area (Å²) >= 11 is 0. The summed E-state index contributed by atoms with van der Waals surface area (Å²) in [5.41, 5.74) is 8.66. The number of methoxy groups -OCH3 is 1. The fourth-order valence-corrected chi connectivity index (χ4v) is 2.15. The van der Waals surface area contributed by atoms with Crippen LogP contribution in [0.1, 0.15) is 50.4 Å². The van der Waals surface area contributed by atoms with Gasteiger partial charge in [-0.1, -0.05) is 20.8 Å². The molecule has 0 aliphatic rings. The zero-order valence-corrected chi connectivity index (χ0v) is 13.2. The van der Waals surface area contributed by atoms with Gasteiger partial charge in [0.25, 0.3) is 0 Å². The Hall–Kier alpha value is -1.55. The Balaban J connectivity index is 3.31. The predicted octanol–water partition coefficient (Wildman–Crippen LogP) is 2.86. The Labute approximate surface area is 121 Å². The van der Waals surface area contributed by atoms with E-state index in [0.717, 1.165) is 22.4 Å². The second-order valence-corrected chi connectivity index (χ2v) is 5.89. The third kappa shape index (κ3) is 3.51. The Kier molecular flexibility index (Phi) is 5.17. The van der Waals surface area contributed by atoms with Crippen molar-refractivity contribution in [1.82, 2.24) is 0 Å². The van der Waals surface area contributed by atoms with Crippen LogP contribution in [-0.4, -0.2) is 19.7 Å². The zero-order chi connectivity index (χ0) is 15.5. The van der Waals surface area contributed by atoms with Crippen LogP contribution in [0.4, 0.5) is 0 Å². The van der Waals surface area contributed by atoms with E-state index >= 15 is 0 Å². The SMILES string of the molecule is CCOC(=O)C(N)c1cc(C(C)(C)C)c(OC)cc1C. The van der Waals surface area contributed by atoms with Crippen LogP contribution in [0.3, 0.4) is 0 Å². The molecule has 0 fully saturated rings. The third-order valence-corrected chi connectivity index (χ3v) is 3.27. The van der Waals surface area contributed by atoms with Crippen LogP contribution < -0.4 is 10.5 Å². The molecule has 20 heavy (non-hydrogen) atoms. The molecule has 0 spiro atoms. The molecule has 0 heterocycles. The number of hydrogen-bond donors (Lipinski definition) is 1. The molecule has 0 amide bonds. The van der Waals surface area contributed by atoms with E-state index < -0.39 is 12.0 Å². The minimum atomic E-state index is -0.762. The molecule has 4 nitrogen and oxygen atoms in total. The van der Waals surface area contributed by atoms with E-state index in [2.05, 4.69) is 20.8 Å². The molecule has 1 rings (SSSR count). The van der Waals surface area contributed by atoms with Gasteiger partial charge in [0.2, 0.25) is 0 Å². The molecule has 1 unspecified atom stereocenters. The monoisotopic (exact) mass is 279 g/mol. The van der Waals surface area contributed by atoms with Crippen molar-refractivity contribution in [2.45, 2.75) is 46.1 Å². The van der Waals surface area contributed by atoms with Crippen LogP contribution in [0, 0.1) is 6.92 Å². The van der Waals surface area contributed by atoms with Crippen LogP contribution in [0.25, 0.3) is 0 Å². The van der Waals surface area contributed by atoms with Crippen molar-refractivity contribution in [2.24, 2.45) is 5.73 Å². The Morgan fingerprint density at radius 1 is 1.35 bits per heavy atom. The van der Waals surface area contributed by atoms with E-state index in [-0.39, 0.29) is 5.41 Å². The number of rotatable bonds is 4. The molecule has 0 bridgehead atoms. The average molecular weight is 279 g/mol. The van der Waals surface area contributed by atoms with Crippen molar-refractivity contribution >= 4 is 5.97 Å². The second kappa shape index (κ2) is 6.27. The van der Waals surface area contributed by atoms with Crippen molar-refractivity contribution in [3.05, 3.63) is 28.8 Å². The van der Waals surface area contributed by atoms with Gasteiger partial charge in [0.1, 0.15) is 11.8 Å². The van der Waals surface area contributed by atoms with E-state index in [1.807, 2.05) is 19.1 Å². The molecule has 2 N–H and O–H groups in total. The van der Waals surface area contributed by atoms with E-state index in [0.29, 0.717) is 6.61 Å². The highest BCUT2D eigenvalue weighted by atomic mass is 16.5. The summed E-state index contributed by atoms with van der Waals surface area (Å²) in [5, 5.41) is 0. The summed E-state index contributed by atoms with van der Waals surface area (Å²) in [7, 11) is 1.65. The summed E-state index contributed by atoms with van der Waals surface area (Å²) in [6.07, 6.45) is 0. The van der Waals surface area contributed by atoms with Crippen LogP contribution in [0.5, 0.6) is 5.75 Å². The quantitative estimate of drug-likeness (QED) is 0.861. The average Bonchev–Trinajstić information content (AvgIpc) is 2.36. The lowest BCUT2D eigenvalue weighted by Crippen LogP contribution is -2.25. The Bertz CT molecular complexity index is 489. The van der Waals surface area contributed by atoms with Gasteiger partial charge in [-0.2, -0.15) is 0 Å². The lowest BCUT2D eigenvalue weighted by Gasteiger charge is -2.25. The van der Waals surface area contributed by atoms with Gasteiger partial charge in [0, 0.05) is 0 Å². The molecule has 0 saturated heterocycles.